The van der Waals surface area contributed by atoms with Crippen molar-refractivity contribution in [2.24, 2.45) is 0 Å². The Kier molecular flexibility index (Phi) is 3.33. The number of nitrogens with one attached hydrogen (secondary N) is 2. The summed E-state index contributed by atoms with van der Waals surface area (Å²) in [6, 6.07) is 7.85. The van der Waals surface area contributed by atoms with Crippen LogP contribution in [-0.4, -0.2) is 12.8 Å². The fourth-order valence-electron chi connectivity index (χ4n) is 1.04. The largest absolute Gasteiger partial charge is 0.385 e. The highest BCUT2D eigenvalue weighted by Gasteiger charge is 1.95. The minimum absolute atomic E-state index is 0.950. The second-order valence-electron chi connectivity index (χ2n) is 2.66. The molecule has 0 saturated heterocycles. The predicted octanol–water partition coefficient (Wildman–Crippen LogP) is 2.51. The van der Waals surface area contributed by atoms with Crippen LogP contribution < -0.4 is 5.32 Å². The van der Waals surface area contributed by atoms with E-state index < -0.39 is 0 Å². The van der Waals surface area contributed by atoms with E-state index in [1.807, 2.05) is 24.3 Å². The Labute approximate surface area is 73.1 Å². The topological polar surface area (TPSA) is 35.9 Å². The Bertz CT molecular complexity index is 256. The summed E-state index contributed by atoms with van der Waals surface area (Å²) in [7, 11) is 0. The van der Waals surface area contributed by atoms with Gasteiger partial charge in [-0.2, -0.15) is 0 Å². The lowest BCUT2D eigenvalue weighted by molar-refractivity contribution is 0.979. The molecule has 1 rings (SSSR count). The third-order valence-electron chi connectivity index (χ3n) is 1.68. The zero-order chi connectivity index (χ0) is 8.81. The lowest BCUT2D eigenvalue weighted by Crippen LogP contribution is -2.01. The van der Waals surface area contributed by atoms with Crippen molar-refractivity contribution in [1.82, 2.24) is 0 Å². The highest BCUT2D eigenvalue weighted by atomic mass is 14.9. The molecule has 2 heteroatoms. The first-order chi connectivity index (χ1) is 5.88. The highest BCUT2D eigenvalue weighted by molar-refractivity contribution is 5.85. The van der Waals surface area contributed by atoms with Gasteiger partial charge in [0.05, 0.1) is 0 Å². The van der Waals surface area contributed by atoms with E-state index in [1.165, 1.54) is 6.21 Å². The van der Waals surface area contributed by atoms with Crippen LogP contribution in [-0.2, 0) is 0 Å². The lowest BCUT2D eigenvalue weighted by Gasteiger charge is -2.06. The molecule has 0 aromatic heterocycles. The van der Waals surface area contributed by atoms with Gasteiger partial charge in [-0.1, -0.05) is 25.1 Å². The molecule has 1 aromatic rings. The first kappa shape index (κ1) is 8.78. The van der Waals surface area contributed by atoms with Crippen molar-refractivity contribution in [1.29, 1.82) is 5.41 Å². The number of benzene rings is 1. The monoisotopic (exact) mass is 162 g/mol. The second kappa shape index (κ2) is 4.54. The molecule has 2 nitrogen and oxygen atoms in total. The maximum absolute atomic E-state index is 7.16. The maximum atomic E-state index is 7.16. The molecule has 0 radical (unpaired) electrons. The first-order valence-corrected chi connectivity index (χ1v) is 4.22. The molecule has 0 saturated carbocycles. The lowest BCUT2D eigenvalue weighted by atomic mass is 10.2. The SMILES string of the molecule is CCCNc1ccccc1C=N. The molecule has 0 amide bonds. The van der Waals surface area contributed by atoms with Gasteiger partial charge >= 0.3 is 0 Å². The van der Waals surface area contributed by atoms with Crippen LogP contribution in [0.25, 0.3) is 0 Å². The first-order valence-electron chi connectivity index (χ1n) is 4.22. The van der Waals surface area contributed by atoms with Gasteiger partial charge < -0.3 is 10.7 Å². The molecular formula is C10H14N2. The molecule has 0 spiro atoms. The minimum atomic E-state index is 0.950. The van der Waals surface area contributed by atoms with Gasteiger partial charge in [0.15, 0.2) is 0 Å². The molecule has 0 bridgehead atoms. The average Bonchev–Trinajstić information content (AvgIpc) is 2.15. The summed E-state index contributed by atoms with van der Waals surface area (Å²) in [5.74, 6) is 0. The number of hydrogen-bond acceptors (Lipinski definition) is 2. The quantitative estimate of drug-likeness (QED) is 0.655. The van der Waals surface area contributed by atoms with E-state index in [-0.39, 0.29) is 0 Å². The van der Waals surface area contributed by atoms with E-state index in [0.717, 1.165) is 24.2 Å². The normalized spacial score (nSPS) is 9.42. The second-order valence-corrected chi connectivity index (χ2v) is 2.66. The number of hydrogen-bond donors (Lipinski definition) is 2. The van der Waals surface area contributed by atoms with Gasteiger partial charge in [0, 0.05) is 24.0 Å². The third kappa shape index (κ3) is 2.09. The van der Waals surface area contributed by atoms with Gasteiger partial charge in [-0.25, -0.2) is 0 Å². The Morgan fingerprint density at radius 1 is 1.42 bits per heavy atom. The van der Waals surface area contributed by atoms with Crippen molar-refractivity contribution in [3.63, 3.8) is 0 Å². The van der Waals surface area contributed by atoms with E-state index >= 15 is 0 Å². The summed E-state index contributed by atoms with van der Waals surface area (Å²) >= 11 is 0. The van der Waals surface area contributed by atoms with Crippen molar-refractivity contribution in [3.05, 3.63) is 29.8 Å². The molecule has 0 heterocycles. The van der Waals surface area contributed by atoms with Crippen LogP contribution >= 0.6 is 0 Å². The smallest absolute Gasteiger partial charge is 0.0429 e. The molecule has 12 heavy (non-hydrogen) atoms. The van der Waals surface area contributed by atoms with Crippen LogP contribution in [0.3, 0.4) is 0 Å². The van der Waals surface area contributed by atoms with Crippen molar-refractivity contribution in [2.45, 2.75) is 13.3 Å². The zero-order valence-electron chi connectivity index (χ0n) is 7.30. The summed E-state index contributed by atoms with van der Waals surface area (Å²) in [6.45, 7) is 3.09. The molecule has 1 aromatic carbocycles. The molecule has 0 fully saturated rings. The van der Waals surface area contributed by atoms with Crippen LogP contribution in [0, 0.1) is 5.41 Å². The van der Waals surface area contributed by atoms with Gasteiger partial charge in [-0.3, -0.25) is 0 Å². The van der Waals surface area contributed by atoms with Gasteiger partial charge in [0.25, 0.3) is 0 Å². The molecule has 0 unspecified atom stereocenters. The van der Waals surface area contributed by atoms with E-state index in [0.29, 0.717) is 0 Å². The van der Waals surface area contributed by atoms with Crippen molar-refractivity contribution in [3.8, 4) is 0 Å². The van der Waals surface area contributed by atoms with Crippen LogP contribution in [0.4, 0.5) is 5.69 Å². The molecule has 64 valence electrons. The maximum Gasteiger partial charge on any atom is 0.0429 e. The van der Waals surface area contributed by atoms with Crippen LogP contribution in [0.2, 0.25) is 0 Å². The molecule has 0 aliphatic carbocycles. The molecule has 0 aliphatic rings. The van der Waals surface area contributed by atoms with Crippen LogP contribution in [0.15, 0.2) is 24.3 Å². The molecule has 0 aliphatic heterocycles. The summed E-state index contributed by atoms with van der Waals surface area (Å²) in [5, 5.41) is 10.4. The van der Waals surface area contributed by atoms with E-state index in [1.54, 1.807) is 0 Å². The fourth-order valence-corrected chi connectivity index (χ4v) is 1.04. The van der Waals surface area contributed by atoms with E-state index in [4.69, 9.17) is 5.41 Å². The summed E-state index contributed by atoms with van der Waals surface area (Å²) in [6.07, 6.45) is 2.48. The van der Waals surface area contributed by atoms with Gasteiger partial charge in [0.1, 0.15) is 0 Å². The standard InChI is InChI=1S/C10H14N2/c1-2-7-12-10-6-4-3-5-9(10)8-11/h3-6,8,11-12H,2,7H2,1H3. The molecule has 2 N–H and O–H groups in total. The van der Waals surface area contributed by atoms with E-state index in [9.17, 15) is 0 Å². The van der Waals surface area contributed by atoms with Crippen LogP contribution in [0.1, 0.15) is 18.9 Å². The average molecular weight is 162 g/mol. The third-order valence-corrected chi connectivity index (χ3v) is 1.68. The number of rotatable bonds is 4. The number of anilines is 1. The van der Waals surface area contributed by atoms with E-state index in [2.05, 4.69) is 12.2 Å². The highest BCUT2D eigenvalue weighted by Crippen LogP contribution is 2.11. The van der Waals surface area contributed by atoms with Gasteiger partial charge in [-0.15, -0.1) is 0 Å². The van der Waals surface area contributed by atoms with Crippen molar-refractivity contribution in [2.75, 3.05) is 11.9 Å². The Hall–Kier alpha value is -1.31. The van der Waals surface area contributed by atoms with Crippen LogP contribution in [0.5, 0.6) is 0 Å². The molecular weight excluding hydrogens is 148 g/mol. The Morgan fingerprint density at radius 3 is 2.83 bits per heavy atom. The van der Waals surface area contributed by atoms with Crippen molar-refractivity contribution < 1.29 is 0 Å². The van der Waals surface area contributed by atoms with Gasteiger partial charge in [0.2, 0.25) is 0 Å². The zero-order valence-corrected chi connectivity index (χ0v) is 7.30. The van der Waals surface area contributed by atoms with Gasteiger partial charge in [-0.05, 0) is 12.5 Å². The fraction of sp³-hybridized carbons (Fsp3) is 0.300. The summed E-state index contributed by atoms with van der Waals surface area (Å²) in [4.78, 5) is 0. The Morgan fingerprint density at radius 2 is 2.17 bits per heavy atom. The minimum Gasteiger partial charge on any atom is -0.385 e. The summed E-state index contributed by atoms with van der Waals surface area (Å²) < 4.78 is 0. The Balaban J connectivity index is 2.75. The number of para-hydroxylation sites is 1. The predicted molar refractivity (Wildman–Crippen MR) is 53.1 cm³/mol. The van der Waals surface area contributed by atoms with Crippen molar-refractivity contribution >= 4 is 11.9 Å². The summed E-state index contributed by atoms with van der Waals surface area (Å²) in [5.41, 5.74) is 2.00. The molecule has 0 atom stereocenters.